The molecule has 1 saturated carbocycles. The van der Waals surface area contributed by atoms with Gasteiger partial charge in [-0.15, -0.1) is 0 Å². The van der Waals surface area contributed by atoms with E-state index in [4.69, 9.17) is 10.5 Å². The predicted octanol–water partition coefficient (Wildman–Crippen LogP) is 2.67. The SMILES string of the molecule is COc1cccc(C(C(C)N)N(C)CC2CC2C)c1. The van der Waals surface area contributed by atoms with E-state index in [0.717, 1.165) is 24.1 Å². The fourth-order valence-electron chi connectivity index (χ4n) is 2.92. The fourth-order valence-corrected chi connectivity index (χ4v) is 2.92. The second kappa shape index (κ2) is 5.93. The van der Waals surface area contributed by atoms with Gasteiger partial charge in [0.2, 0.25) is 0 Å². The van der Waals surface area contributed by atoms with Crippen LogP contribution in [-0.4, -0.2) is 31.6 Å². The van der Waals surface area contributed by atoms with Gasteiger partial charge >= 0.3 is 0 Å². The number of benzene rings is 1. The first-order valence-electron chi connectivity index (χ1n) is 7.12. The summed E-state index contributed by atoms with van der Waals surface area (Å²) in [5.41, 5.74) is 7.45. The van der Waals surface area contributed by atoms with Crippen molar-refractivity contribution in [1.82, 2.24) is 4.90 Å². The average molecular weight is 262 g/mol. The van der Waals surface area contributed by atoms with Crippen LogP contribution in [0, 0.1) is 11.8 Å². The lowest BCUT2D eigenvalue weighted by Crippen LogP contribution is -2.38. The van der Waals surface area contributed by atoms with Gasteiger partial charge in [-0.2, -0.15) is 0 Å². The van der Waals surface area contributed by atoms with E-state index in [0.29, 0.717) is 0 Å². The van der Waals surface area contributed by atoms with Crippen LogP contribution in [0.25, 0.3) is 0 Å². The topological polar surface area (TPSA) is 38.5 Å². The maximum absolute atomic E-state index is 6.21. The first-order valence-corrected chi connectivity index (χ1v) is 7.12. The van der Waals surface area contributed by atoms with E-state index in [1.165, 1.54) is 12.0 Å². The van der Waals surface area contributed by atoms with E-state index in [2.05, 4.69) is 37.9 Å². The van der Waals surface area contributed by atoms with Crippen molar-refractivity contribution >= 4 is 0 Å². The Bertz CT molecular complexity index is 419. The standard InChI is InChI=1S/C16H26N2O/c1-11-8-14(11)10-18(3)16(12(2)17)13-6-5-7-15(9-13)19-4/h5-7,9,11-12,14,16H,8,10,17H2,1-4H3. The molecule has 0 heterocycles. The van der Waals surface area contributed by atoms with Crippen molar-refractivity contribution in [3.8, 4) is 5.75 Å². The van der Waals surface area contributed by atoms with E-state index in [1.54, 1.807) is 7.11 Å². The van der Waals surface area contributed by atoms with Gasteiger partial charge in [-0.1, -0.05) is 19.1 Å². The molecule has 1 aromatic rings. The molecule has 4 unspecified atom stereocenters. The highest BCUT2D eigenvalue weighted by Crippen LogP contribution is 2.39. The molecular weight excluding hydrogens is 236 g/mol. The summed E-state index contributed by atoms with van der Waals surface area (Å²) in [4.78, 5) is 2.40. The Kier molecular flexibility index (Phi) is 4.48. The van der Waals surface area contributed by atoms with Gasteiger partial charge in [0.1, 0.15) is 5.75 Å². The van der Waals surface area contributed by atoms with E-state index < -0.39 is 0 Å². The lowest BCUT2D eigenvalue weighted by Gasteiger charge is -2.32. The predicted molar refractivity (Wildman–Crippen MR) is 79.3 cm³/mol. The average Bonchev–Trinajstić information content (AvgIpc) is 3.04. The van der Waals surface area contributed by atoms with Gasteiger partial charge in [-0.05, 0) is 49.9 Å². The Labute approximate surface area is 116 Å². The van der Waals surface area contributed by atoms with E-state index in [1.807, 2.05) is 12.1 Å². The number of hydrogen-bond donors (Lipinski definition) is 1. The highest BCUT2D eigenvalue weighted by molar-refractivity contribution is 5.31. The van der Waals surface area contributed by atoms with E-state index in [-0.39, 0.29) is 12.1 Å². The summed E-state index contributed by atoms with van der Waals surface area (Å²) in [7, 11) is 3.88. The highest BCUT2D eigenvalue weighted by Gasteiger charge is 2.35. The molecule has 0 radical (unpaired) electrons. The number of hydrogen-bond acceptors (Lipinski definition) is 3. The normalized spacial score (nSPS) is 25.2. The van der Waals surface area contributed by atoms with Crippen molar-refractivity contribution in [2.24, 2.45) is 17.6 Å². The van der Waals surface area contributed by atoms with Crippen LogP contribution < -0.4 is 10.5 Å². The molecule has 106 valence electrons. The Morgan fingerprint density at radius 2 is 2.16 bits per heavy atom. The van der Waals surface area contributed by atoms with Crippen LogP contribution in [-0.2, 0) is 0 Å². The van der Waals surface area contributed by atoms with Crippen LogP contribution in [0.1, 0.15) is 31.9 Å². The van der Waals surface area contributed by atoms with Crippen molar-refractivity contribution < 1.29 is 4.74 Å². The van der Waals surface area contributed by atoms with Crippen LogP contribution in [0.3, 0.4) is 0 Å². The Morgan fingerprint density at radius 3 is 2.68 bits per heavy atom. The Balaban J connectivity index is 2.13. The van der Waals surface area contributed by atoms with Crippen LogP contribution in [0.15, 0.2) is 24.3 Å². The van der Waals surface area contributed by atoms with Crippen LogP contribution in [0.4, 0.5) is 0 Å². The summed E-state index contributed by atoms with van der Waals surface area (Å²) in [5.74, 6) is 2.62. The minimum Gasteiger partial charge on any atom is -0.497 e. The quantitative estimate of drug-likeness (QED) is 0.856. The molecule has 0 aromatic heterocycles. The smallest absolute Gasteiger partial charge is 0.119 e. The molecule has 2 rings (SSSR count). The monoisotopic (exact) mass is 262 g/mol. The molecule has 0 aliphatic heterocycles. The number of nitrogens with two attached hydrogens (primary N) is 1. The fraction of sp³-hybridized carbons (Fsp3) is 0.625. The summed E-state index contributed by atoms with van der Waals surface area (Å²) in [6.45, 7) is 5.53. The third kappa shape index (κ3) is 3.48. The van der Waals surface area contributed by atoms with E-state index >= 15 is 0 Å². The van der Waals surface area contributed by atoms with Crippen LogP contribution in [0.2, 0.25) is 0 Å². The van der Waals surface area contributed by atoms with Crippen LogP contribution in [0.5, 0.6) is 5.75 Å². The van der Waals surface area contributed by atoms with Crippen molar-refractivity contribution in [1.29, 1.82) is 0 Å². The summed E-state index contributed by atoms with van der Waals surface area (Å²) in [6.07, 6.45) is 1.36. The largest absolute Gasteiger partial charge is 0.497 e. The zero-order chi connectivity index (χ0) is 14.0. The summed E-state index contributed by atoms with van der Waals surface area (Å²) in [6, 6.07) is 8.61. The maximum Gasteiger partial charge on any atom is 0.119 e. The Hall–Kier alpha value is -1.06. The molecule has 1 aliphatic carbocycles. The molecule has 19 heavy (non-hydrogen) atoms. The number of likely N-dealkylation sites (N-methyl/N-ethyl adjacent to an activating group) is 1. The summed E-state index contributed by atoms with van der Waals surface area (Å²) in [5, 5.41) is 0. The third-order valence-electron chi connectivity index (χ3n) is 4.21. The molecular formula is C16H26N2O. The lowest BCUT2D eigenvalue weighted by molar-refractivity contribution is 0.207. The summed E-state index contributed by atoms with van der Waals surface area (Å²) >= 11 is 0. The van der Waals surface area contributed by atoms with Gasteiger partial charge in [-0.3, -0.25) is 4.90 Å². The molecule has 3 nitrogen and oxygen atoms in total. The van der Waals surface area contributed by atoms with Gasteiger partial charge in [0.25, 0.3) is 0 Å². The molecule has 1 aromatic carbocycles. The van der Waals surface area contributed by atoms with Gasteiger partial charge in [0, 0.05) is 18.6 Å². The van der Waals surface area contributed by atoms with Crippen molar-refractivity contribution in [3.63, 3.8) is 0 Å². The molecule has 2 N–H and O–H groups in total. The van der Waals surface area contributed by atoms with Crippen molar-refractivity contribution in [2.45, 2.75) is 32.4 Å². The van der Waals surface area contributed by atoms with E-state index in [9.17, 15) is 0 Å². The van der Waals surface area contributed by atoms with Crippen molar-refractivity contribution in [3.05, 3.63) is 29.8 Å². The number of ether oxygens (including phenoxy) is 1. The molecule has 1 fully saturated rings. The number of nitrogens with zero attached hydrogens (tertiary/aromatic N) is 1. The molecule has 4 atom stereocenters. The zero-order valence-electron chi connectivity index (χ0n) is 12.5. The van der Waals surface area contributed by atoms with Gasteiger partial charge < -0.3 is 10.5 Å². The van der Waals surface area contributed by atoms with Crippen molar-refractivity contribution in [2.75, 3.05) is 20.7 Å². The first kappa shape index (κ1) is 14.4. The second-order valence-corrected chi connectivity index (χ2v) is 5.99. The molecule has 0 amide bonds. The molecule has 0 saturated heterocycles. The van der Waals surface area contributed by atoms with Gasteiger partial charge in [0.15, 0.2) is 0 Å². The Morgan fingerprint density at radius 1 is 1.47 bits per heavy atom. The minimum absolute atomic E-state index is 0.103. The maximum atomic E-state index is 6.21. The molecule has 3 heteroatoms. The van der Waals surface area contributed by atoms with Crippen LogP contribution >= 0.6 is 0 Å². The molecule has 1 aliphatic rings. The zero-order valence-corrected chi connectivity index (χ0v) is 12.5. The van der Waals surface area contributed by atoms with Gasteiger partial charge in [0.05, 0.1) is 7.11 Å². The minimum atomic E-state index is 0.103. The van der Waals surface area contributed by atoms with Gasteiger partial charge in [-0.25, -0.2) is 0 Å². The lowest BCUT2D eigenvalue weighted by atomic mass is 9.99. The number of rotatable bonds is 6. The summed E-state index contributed by atoms with van der Waals surface area (Å²) < 4.78 is 5.32. The first-order chi connectivity index (χ1) is 9.02. The second-order valence-electron chi connectivity index (χ2n) is 5.99. The number of methoxy groups -OCH3 is 1. The molecule has 0 bridgehead atoms. The third-order valence-corrected chi connectivity index (χ3v) is 4.21. The highest BCUT2D eigenvalue weighted by atomic mass is 16.5. The molecule has 0 spiro atoms.